The molecule has 1 aliphatic heterocycles. The number of hydrogen-bond donors (Lipinski definition) is 3. The van der Waals surface area contributed by atoms with Crippen molar-refractivity contribution in [2.24, 2.45) is 12.0 Å². The number of nitrogens with zero attached hydrogens (tertiary/aromatic N) is 4. The van der Waals surface area contributed by atoms with Gasteiger partial charge >= 0.3 is 0 Å². The molecule has 5 rings (SSSR count). The third kappa shape index (κ3) is 4.71. The Balaban J connectivity index is 1.55. The third-order valence-corrected chi connectivity index (χ3v) is 7.18. The SMILES string of the molecule is C/C=C\C(=C/C)N/C(NCc1ccc(-c2cccc(F)n2)cc1)=c1\c(=O)n(C)c2n(c1=N)[C@H]1CCC[C@H]1N=2. The minimum atomic E-state index is -0.517. The standard InChI is InChI=1S/C29H32FN7O/c1-4-8-20(5-2)33-27(32-17-18-13-15-19(16-14-18)21-9-7-12-24(30)34-21)25-26(31)37-23-11-6-10-22(23)35-29(37)36(3)28(25)38/h4-5,7-9,12-16,22-23,31-33H,6,10-11,17H2,1-3H3/b8-4-,20-5+,27-25-,31-26?/t22-,23+/m1/s1. The summed E-state index contributed by atoms with van der Waals surface area (Å²) in [6.45, 7) is 4.25. The summed E-state index contributed by atoms with van der Waals surface area (Å²) in [6, 6.07) is 12.6. The molecular weight excluding hydrogens is 481 g/mol. The highest BCUT2D eigenvalue weighted by atomic mass is 19.1. The van der Waals surface area contributed by atoms with Crippen LogP contribution in [0.3, 0.4) is 0 Å². The van der Waals surface area contributed by atoms with Gasteiger partial charge in [-0.25, -0.2) is 9.98 Å². The van der Waals surface area contributed by atoms with Gasteiger partial charge in [-0.15, -0.1) is 0 Å². The molecule has 3 aromatic rings. The zero-order chi connectivity index (χ0) is 26.8. The summed E-state index contributed by atoms with van der Waals surface area (Å²) in [5.41, 5.74) is 3.60. The molecule has 1 aromatic carbocycles. The fourth-order valence-electron chi connectivity index (χ4n) is 5.23. The summed E-state index contributed by atoms with van der Waals surface area (Å²) in [6.07, 6.45) is 8.75. The van der Waals surface area contributed by atoms with E-state index in [0.29, 0.717) is 23.7 Å². The first kappa shape index (κ1) is 25.4. The molecule has 1 saturated carbocycles. The lowest BCUT2D eigenvalue weighted by Gasteiger charge is -2.17. The highest BCUT2D eigenvalue weighted by Gasteiger charge is 2.35. The first-order valence-electron chi connectivity index (χ1n) is 12.9. The molecule has 2 aliphatic rings. The molecule has 1 aliphatic carbocycles. The number of rotatable bonds is 7. The Kier molecular flexibility index (Phi) is 7.09. The van der Waals surface area contributed by atoms with E-state index in [2.05, 4.69) is 15.6 Å². The van der Waals surface area contributed by atoms with E-state index >= 15 is 0 Å². The third-order valence-electron chi connectivity index (χ3n) is 7.18. The Hall–Kier alpha value is -4.27. The van der Waals surface area contributed by atoms with Gasteiger partial charge in [0.1, 0.15) is 16.5 Å². The van der Waals surface area contributed by atoms with Crippen LogP contribution in [-0.4, -0.2) is 20.2 Å². The van der Waals surface area contributed by atoms with Crippen LogP contribution in [0.5, 0.6) is 0 Å². The Morgan fingerprint density at radius 3 is 2.68 bits per heavy atom. The van der Waals surface area contributed by atoms with E-state index in [1.54, 1.807) is 23.7 Å². The van der Waals surface area contributed by atoms with E-state index in [0.717, 1.165) is 36.1 Å². The fourth-order valence-corrected chi connectivity index (χ4v) is 5.23. The van der Waals surface area contributed by atoms with Gasteiger partial charge < -0.3 is 10.6 Å². The second-order valence-electron chi connectivity index (χ2n) is 9.59. The number of allylic oxidation sites excluding steroid dienone is 3. The van der Waals surface area contributed by atoms with Gasteiger partial charge in [0.25, 0.3) is 5.56 Å². The van der Waals surface area contributed by atoms with Crippen molar-refractivity contribution in [1.82, 2.24) is 24.8 Å². The Bertz CT molecular complexity index is 1660. The van der Waals surface area contributed by atoms with E-state index in [1.807, 2.05) is 60.9 Å². The second-order valence-corrected chi connectivity index (χ2v) is 9.59. The lowest BCUT2D eigenvalue weighted by Crippen LogP contribution is -2.60. The Labute approximate surface area is 220 Å². The lowest BCUT2D eigenvalue weighted by atomic mass is 10.1. The monoisotopic (exact) mass is 513 g/mol. The quantitative estimate of drug-likeness (QED) is 0.334. The van der Waals surface area contributed by atoms with Gasteiger partial charge in [-0.05, 0) is 56.9 Å². The minimum Gasteiger partial charge on any atom is -0.367 e. The number of hydrogen-bond acceptors (Lipinski definition) is 6. The average Bonchev–Trinajstić information content (AvgIpc) is 3.52. The summed E-state index contributed by atoms with van der Waals surface area (Å²) in [5.74, 6) is -0.0504. The first-order valence-corrected chi connectivity index (χ1v) is 12.9. The van der Waals surface area contributed by atoms with Gasteiger partial charge in [-0.3, -0.25) is 19.3 Å². The van der Waals surface area contributed by atoms with Gasteiger partial charge in [-0.2, -0.15) is 4.39 Å². The first-order chi connectivity index (χ1) is 18.4. The molecule has 3 N–H and O–H groups in total. The Morgan fingerprint density at radius 1 is 1.18 bits per heavy atom. The molecule has 0 saturated heterocycles. The largest absolute Gasteiger partial charge is 0.367 e. The highest BCUT2D eigenvalue weighted by Crippen LogP contribution is 2.32. The maximum Gasteiger partial charge on any atom is 0.267 e. The van der Waals surface area contributed by atoms with Crippen molar-refractivity contribution in [3.8, 4) is 11.3 Å². The number of nitrogens with one attached hydrogen (secondary N) is 3. The van der Waals surface area contributed by atoms with Crippen LogP contribution in [0.1, 0.15) is 44.7 Å². The van der Waals surface area contributed by atoms with Crippen molar-refractivity contribution >= 4 is 5.82 Å². The van der Waals surface area contributed by atoms with Crippen LogP contribution in [0.15, 0.2) is 76.2 Å². The molecule has 9 heteroatoms. The van der Waals surface area contributed by atoms with Crippen molar-refractivity contribution in [1.29, 1.82) is 5.41 Å². The summed E-state index contributed by atoms with van der Waals surface area (Å²) in [4.78, 5) is 22.3. The predicted octanol–water partition coefficient (Wildman–Crippen LogP) is 2.52. The summed E-state index contributed by atoms with van der Waals surface area (Å²) >= 11 is 0. The molecule has 2 atom stereocenters. The molecular formula is C29H32FN7O. The van der Waals surface area contributed by atoms with Crippen molar-refractivity contribution in [2.45, 2.75) is 51.7 Å². The minimum absolute atomic E-state index is 0.116. The maximum atomic E-state index is 13.6. The fraction of sp³-hybridized carbons (Fsp3) is 0.310. The summed E-state index contributed by atoms with van der Waals surface area (Å²) < 4.78 is 17.0. The van der Waals surface area contributed by atoms with Crippen LogP contribution in [0.2, 0.25) is 0 Å². The van der Waals surface area contributed by atoms with Gasteiger partial charge in [0, 0.05) is 24.9 Å². The number of fused-ring (bicyclic) bond motifs is 3. The second kappa shape index (κ2) is 10.6. The number of pyridine rings is 1. The molecule has 0 bridgehead atoms. The van der Waals surface area contributed by atoms with Crippen LogP contribution in [0.4, 0.5) is 4.39 Å². The smallest absolute Gasteiger partial charge is 0.267 e. The molecule has 8 nitrogen and oxygen atoms in total. The topological polar surface area (TPSA) is 100 Å². The lowest BCUT2D eigenvalue weighted by molar-refractivity contribution is 0.465. The molecule has 0 radical (unpaired) electrons. The van der Waals surface area contributed by atoms with Crippen molar-refractivity contribution in [2.75, 3.05) is 0 Å². The van der Waals surface area contributed by atoms with E-state index in [9.17, 15) is 9.18 Å². The number of benzene rings is 1. The van der Waals surface area contributed by atoms with Gasteiger partial charge in [-0.1, -0.05) is 42.5 Å². The summed E-state index contributed by atoms with van der Waals surface area (Å²) in [7, 11) is 1.72. The van der Waals surface area contributed by atoms with E-state index in [-0.39, 0.29) is 28.3 Å². The van der Waals surface area contributed by atoms with Gasteiger partial charge in [0.15, 0.2) is 0 Å². The van der Waals surface area contributed by atoms with Crippen LogP contribution in [0.25, 0.3) is 17.1 Å². The summed E-state index contributed by atoms with van der Waals surface area (Å²) in [5, 5.41) is 16.1. The van der Waals surface area contributed by atoms with Crippen molar-refractivity contribution in [3.05, 3.63) is 105 Å². The Morgan fingerprint density at radius 2 is 1.97 bits per heavy atom. The molecule has 2 aromatic heterocycles. The molecule has 0 unspecified atom stereocenters. The maximum absolute atomic E-state index is 13.6. The van der Waals surface area contributed by atoms with Crippen LogP contribution >= 0.6 is 0 Å². The normalized spacial score (nSPS) is 19.2. The molecule has 0 spiro atoms. The molecule has 3 heterocycles. The number of halogens is 1. The predicted molar refractivity (Wildman–Crippen MR) is 145 cm³/mol. The molecule has 1 fully saturated rings. The van der Waals surface area contributed by atoms with E-state index in [4.69, 9.17) is 10.4 Å². The molecule has 196 valence electrons. The van der Waals surface area contributed by atoms with Crippen molar-refractivity contribution in [3.63, 3.8) is 0 Å². The van der Waals surface area contributed by atoms with Crippen LogP contribution in [0, 0.1) is 11.4 Å². The van der Waals surface area contributed by atoms with Gasteiger partial charge in [0.05, 0.1) is 17.8 Å². The van der Waals surface area contributed by atoms with Crippen molar-refractivity contribution < 1.29 is 4.39 Å². The zero-order valence-corrected chi connectivity index (χ0v) is 21.8. The van der Waals surface area contributed by atoms with Crippen LogP contribution in [-0.2, 0) is 13.6 Å². The van der Waals surface area contributed by atoms with Gasteiger partial charge in [0.2, 0.25) is 11.6 Å². The highest BCUT2D eigenvalue weighted by molar-refractivity contribution is 5.59. The van der Waals surface area contributed by atoms with E-state index < -0.39 is 5.95 Å². The zero-order valence-electron chi connectivity index (χ0n) is 21.8. The van der Waals surface area contributed by atoms with Crippen LogP contribution < -0.4 is 32.5 Å². The average molecular weight is 514 g/mol. The number of aromatic nitrogens is 3. The molecule has 38 heavy (non-hydrogen) atoms. The molecule has 0 amide bonds. The van der Waals surface area contributed by atoms with E-state index in [1.165, 1.54) is 6.07 Å².